The number of hydrogen-bond acceptors (Lipinski definition) is 4. The Bertz CT molecular complexity index is 736. The van der Waals surface area contributed by atoms with Gasteiger partial charge in [0.25, 0.3) is 0 Å². The van der Waals surface area contributed by atoms with Gasteiger partial charge in [0.1, 0.15) is 0 Å². The maximum absolute atomic E-state index is 4.23. The van der Waals surface area contributed by atoms with Gasteiger partial charge in [-0.3, -0.25) is 0 Å². The quantitative estimate of drug-likeness (QED) is 0.382. The number of allylic oxidation sites excluding steroid dienone is 11. The van der Waals surface area contributed by atoms with Crippen molar-refractivity contribution >= 4 is 12.2 Å². The zero-order valence-corrected chi connectivity index (χ0v) is 16.4. The first-order valence-electron chi connectivity index (χ1n) is 8.63. The molecule has 1 aliphatic heterocycles. The normalized spacial score (nSPS) is 15.4. The Kier molecular flexibility index (Phi) is 8.85. The lowest BCUT2D eigenvalue weighted by Crippen LogP contribution is -2.30. The standard InChI is InChI=1S/C22H30N4/c1-8-19(15-25-26-22-23-11-12-24-22)13-21(18(6)7)14-20(17(4)5)10-9-16(2)3/h8-10,13-15H,1,4,6,11-12H2,2-3,5,7H3,(H2,23,24,26)/b19-13+,20-10-,21-14-,25-15-. The number of nitrogens with zero attached hydrogens (tertiary/aromatic N) is 2. The Labute approximate surface area is 157 Å². The highest BCUT2D eigenvalue weighted by atomic mass is 15.4. The molecule has 0 radical (unpaired) electrons. The molecule has 138 valence electrons. The number of rotatable bonds is 8. The molecule has 1 rings (SSSR count). The molecule has 4 heteroatoms. The number of hydrazone groups is 1. The van der Waals surface area contributed by atoms with E-state index in [9.17, 15) is 0 Å². The molecule has 0 saturated heterocycles. The predicted octanol–water partition coefficient (Wildman–Crippen LogP) is 4.60. The lowest BCUT2D eigenvalue weighted by Gasteiger charge is -2.07. The van der Waals surface area contributed by atoms with Crippen LogP contribution in [-0.4, -0.2) is 25.3 Å². The SMILES string of the molecule is C=CC(/C=N\NC1=NCCN1)=C\C(=C\C(=C\C=C(C)C)C(=C)C)C(=C)C. The monoisotopic (exact) mass is 350 g/mol. The molecule has 0 fully saturated rings. The van der Waals surface area contributed by atoms with E-state index >= 15 is 0 Å². The molecule has 1 heterocycles. The molecule has 2 N–H and O–H groups in total. The Morgan fingerprint density at radius 3 is 2.27 bits per heavy atom. The second kappa shape index (κ2) is 10.9. The number of aliphatic imine (C=N–C) groups is 1. The molecule has 4 nitrogen and oxygen atoms in total. The zero-order chi connectivity index (χ0) is 19.5. The van der Waals surface area contributed by atoms with Crippen LogP contribution < -0.4 is 10.7 Å². The first kappa shape index (κ1) is 21.2. The molecule has 0 aromatic heterocycles. The Hall–Kier alpha value is -2.88. The predicted molar refractivity (Wildman–Crippen MR) is 115 cm³/mol. The second-order valence-corrected chi connectivity index (χ2v) is 6.40. The number of guanidine groups is 1. The zero-order valence-electron chi connectivity index (χ0n) is 16.4. The van der Waals surface area contributed by atoms with Gasteiger partial charge < -0.3 is 5.32 Å². The summed E-state index contributed by atoms with van der Waals surface area (Å²) >= 11 is 0. The van der Waals surface area contributed by atoms with E-state index in [1.807, 2.05) is 19.9 Å². The van der Waals surface area contributed by atoms with Gasteiger partial charge in [-0.2, -0.15) is 5.10 Å². The van der Waals surface area contributed by atoms with E-state index < -0.39 is 0 Å². The molecule has 0 aromatic rings. The fraction of sp³-hybridized carbons (Fsp3) is 0.273. The van der Waals surface area contributed by atoms with Gasteiger partial charge in [-0.1, -0.05) is 54.7 Å². The van der Waals surface area contributed by atoms with E-state index in [2.05, 4.69) is 72.6 Å². The highest BCUT2D eigenvalue weighted by molar-refractivity contribution is 5.86. The third-order valence-corrected chi connectivity index (χ3v) is 3.51. The first-order valence-corrected chi connectivity index (χ1v) is 8.63. The van der Waals surface area contributed by atoms with E-state index in [1.54, 1.807) is 12.3 Å². The largest absolute Gasteiger partial charge is 0.353 e. The van der Waals surface area contributed by atoms with E-state index in [-0.39, 0.29) is 0 Å². The number of nitrogens with one attached hydrogen (secondary N) is 2. The number of hydrogen-bond donors (Lipinski definition) is 2. The van der Waals surface area contributed by atoms with Crippen molar-refractivity contribution in [2.75, 3.05) is 13.1 Å². The smallest absolute Gasteiger partial charge is 0.212 e. The van der Waals surface area contributed by atoms with Gasteiger partial charge in [-0.25, -0.2) is 10.4 Å². The molecule has 0 spiro atoms. The first-order chi connectivity index (χ1) is 12.3. The summed E-state index contributed by atoms with van der Waals surface area (Å²) in [6.07, 6.45) is 11.7. The molecule has 0 unspecified atom stereocenters. The van der Waals surface area contributed by atoms with Crippen molar-refractivity contribution in [2.24, 2.45) is 10.1 Å². The van der Waals surface area contributed by atoms with Gasteiger partial charge in [0.05, 0.1) is 12.8 Å². The Morgan fingerprint density at radius 2 is 1.77 bits per heavy atom. The van der Waals surface area contributed by atoms with Crippen LogP contribution in [0.15, 0.2) is 93.6 Å². The van der Waals surface area contributed by atoms with Crippen LogP contribution in [0, 0.1) is 0 Å². The molecular formula is C22H30N4. The summed E-state index contributed by atoms with van der Waals surface area (Å²) in [7, 11) is 0. The molecule has 0 aromatic carbocycles. The molecule has 1 aliphatic rings. The highest BCUT2D eigenvalue weighted by Gasteiger charge is 2.02. The highest BCUT2D eigenvalue weighted by Crippen LogP contribution is 2.19. The minimum absolute atomic E-state index is 0.689. The van der Waals surface area contributed by atoms with Crippen molar-refractivity contribution in [3.63, 3.8) is 0 Å². The Balaban J connectivity index is 3.09. The van der Waals surface area contributed by atoms with Crippen LogP contribution in [0.3, 0.4) is 0 Å². The van der Waals surface area contributed by atoms with E-state index in [0.29, 0.717) is 5.96 Å². The summed E-state index contributed by atoms with van der Waals surface area (Å²) in [6, 6.07) is 0. The van der Waals surface area contributed by atoms with Gasteiger partial charge >= 0.3 is 0 Å². The van der Waals surface area contributed by atoms with Crippen molar-refractivity contribution in [3.8, 4) is 0 Å². The van der Waals surface area contributed by atoms with Crippen LogP contribution in [0.2, 0.25) is 0 Å². The average Bonchev–Trinajstić information content (AvgIpc) is 3.08. The van der Waals surface area contributed by atoms with Gasteiger partial charge in [-0.15, -0.1) is 0 Å². The van der Waals surface area contributed by atoms with Crippen LogP contribution >= 0.6 is 0 Å². The van der Waals surface area contributed by atoms with Crippen LogP contribution in [0.5, 0.6) is 0 Å². The average molecular weight is 351 g/mol. The van der Waals surface area contributed by atoms with Crippen LogP contribution in [-0.2, 0) is 0 Å². The van der Waals surface area contributed by atoms with Crippen LogP contribution in [0.1, 0.15) is 27.7 Å². The van der Waals surface area contributed by atoms with Crippen LogP contribution in [0.25, 0.3) is 0 Å². The fourth-order valence-electron chi connectivity index (χ4n) is 1.99. The molecule has 26 heavy (non-hydrogen) atoms. The van der Waals surface area contributed by atoms with Gasteiger partial charge in [0.2, 0.25) is 5.96 Å². The summed E-state index contributed by atoms with van der Waals surface area (Å²) in [6.45, 7) is 21.7. The molecule has 0 aliphatic carbocycles. The summed E-state index contributed by atoms with van der Waals surface area (Å²) in [5.74, 6) is 0.689. The van der Waals surface area contributed by atoms with Gasteiger partial charge in [-0.05, 0) is 56.6 Å². The summed E-state index contributed by atoms with van der Waals surface area (Å²) < 4.78 is 0. The maximum Gasteiger partial charge on any atom is 0.212 e. The topological polar surface area (TPSA) is 48.8 Å². The molecule has 0 saturated carbocycles. The van der Waals surface area contributed by atoms with E-state index in [0.717, 1.165) is 41.0 Å². The molecular weight excluding hydrogens is 320 g/mol. The van der Waals surface area contributed by atoms with E-state index in [4.69, 9.17) is 0 Å². The van der Waals surface area contributed by atoms with Crippen molar-refractivity contribution in [3.05, 3.63) is 83.6 Å². The minimum Gasteiger partial charge on any atom is -0.353 e. The van der Waals surface area contributed by atoms with Crippen LogP contribution in [0.4, 0.5) is 0 Å². The van der Waals surface area contributed by atoms with Gasteiger partial charge in [0.15, 0.2) is 0 Å². The molecule has 0 atom stereocenters. The van der Waals surface area contributed by atoms with Gasteiger partial charge in [0, 0.05) is 6.54 Å². The summed E-state index contributed by atoms with van der Waals surface area (Å²) in [5, 5.41) is 7.31. The minimum atomic E-state index is 0.689. The lowest BCUT2D eigenvalue weighted by molar-refractivity contribution is 0.920. The fourth-order valence-corrected chi connectivity index (χ4v) is 1.99. The third-order valence-electron chi connectivity index (χ3n) is 3.51. The molecule has 0 bridgehead atoms. The lowest BCUT2D eigenvalue weighted by atomic mass is 9.99. The third kappa shape index (κ3) is 7.79. The van der Waals surface area contributed by atoms with Crippen molar-refractivity contribution in [1.29, 1.82) is 0 Å². The van der Waals surface area contributed by atoms with E-state index in [1.165, 1.54) is 5.57 Å². The maximum atomic E-state index is 4.23. The van der Waals surface area contributed by atoms with Crippen molar-refractivity contribution < 1.29 is 0 Å². The second-order valence-electron chi connectivity index (χ2n) is 6.40. The summed E-state index contributed by atoms with van der Waals surface area (Å²) in [4.78, 5) is 4.23. The van der Waals surface area contributed by atoms with Crippen molar-refractivity contribution in [2.45, 2.75) is 27.7 Å². The van der Waals surface area contributed by atoms with Crippen molar-refractivity contribution in [1.82, 2.24) is 10.7 Å². The molecule has 0 amide bonds. The Morgan fingerprint density at radius 1 is 1.08 bits per heavy atom. The summed E-state index contributed by atoms with van der Waals surface area (Å²) in [5.41, 5.74) is 9.00.